The van der Waals surface area contributed by atoms with E-state index in [2.05, 4.69) is 15.0 Å². The molecule has 0 atom stereocenters. The summed E-state index contributed by atoms with van der Waals surface area (Å²) in [5.41, 5.74) is 16.3. The molecule has 1 amide bonds. The van der Waals surface area contributed by atoms with Gasteiger partial charge in [0, 0.05) is 35.7 Å². The van der Waals surface area contributed by atoms with Crippen LogP contribution < -0.4 is 11.5 Å². The van der Waals surface area contributed by atoms with Gasteiger partial charge >= 0.3 is 0 Å². The lowest BCUT2D eigenvalue weighted by molar-refractivity contribution is 0.0996. The Morgan fingerprint density at radius 2 is 1.65 bits per heavy atom. The van der Waals surface area contributed by atoms with Gasteiger partial charge in [-0.25, -0.2) is 4.98 Å². The number of hydrogen-bond donors (Lipinski definition) is 2. The summed E-state index contributed by atoms with van der Waals surface area (Å²) in [5, 5.41) is 1.01. The SMILES string of the molecule is NC(=O)c1ncc(-c2ccc3nccc(-c4ccncc4)c3c2)cc1N. The fourth-order valence-electron chi connectivity index (χ4n) is 2.95. The van der Waals surface area contributed by atoms with Crippen LogP contribution in [-0.4, -0.2) is 20.9 Å². The summed E-state index contributed by atoms with van der Waals surface area (Å²) in [7, 11) is 0. The standard InChI is InChI=1S/C20H15N5O/c21-17-10-14(11-25-19(17)20(22)26)13-1-2-18-16(9-13)15(5-8-24-18)12-3-6-23-7-4-12/h1-11H,21H2,(H2,22,26). The fourth-order valence-corrected chi connectivity index (χ4v) is 2.95. The van der Waals surface area contributed by atoms with E-state index >= 15 is 0 Å². The first-order valence-electron chi connectivity index (χ1n) is 7.98. The molecule has 1 aromatic carbocycles. The van der Waals surface area contributed by atoms with Gasteiger partial charge < -0.3 is 11.5 Å². The smallest absolute Gasteiger partial charge is 0.269 e. The molecular formula is C20H15N5O. The van der Waals surface area contributed by atoms with Crippen LogP contribution in [-0.2, 0) is 0 Å². The highest BCUT2D eigenvalue weighted by atomic mass is 16.1. The van der Waals surface area contributed by atoms with Gasteiger partial charge in [-0.15, -0.1) is 0 Å². The third kappa shape index (κ3) is 2.73. The van der Waals surface area contributed by atoms with E-state index in [0.717, 1.165) is 33.2 Å². The number of benzene rings is 1. The highest BCUT2D eigenvalue weighted by molar-refractivity contribution is 5.98. The molecule has 4 N–H and O–H groups in total. The minimum absolute atomic E-state index is 0.0775. The number of primary amides is 1. The van der Waals surface area contributed by atoms with Crippen LogP contribution in [0.3, 0.4) is 0 Å². The molecular weight excluding hydrogens is 326 g/mol. The van der Waals surface area contributed by atoms with Gasteiger partial charge in [-0.2, -0.15) is 0 Å². The summed E-state index contributed by atoms with van der Waals surface area (Å²) in [5.74, 6) is -0.642. The number of nitrogens with two attached hydrogens (primary N) is 2. The average Bonchev–Trinajstić information content (AvgIpc) is 2.67. The Morgan fingerprint density at radius 3 is 2.38 bits per heavy atom. The van der Waals surface area contributed by atoms with Gasteiger partial charge in [0.15, 0.2) is 5.69 Å². The lowest BCUT2D eigenvalue weighted by Gasteiger charge is -2.09. The number of rotatable bonds is 3. The second-order valence-corrected chi connectivity index (χ2v) is 5.85. The van der Waals surface area contributed by atoms with Crippen molar-refractivity contribution < 1.29 is 4.79 Å². The molecule has 6 heteroatoms. The molecule has 6 nitrogen and oxygen atoms in total. The largest absolute Gasteiger partial charge is 0.397 e. The maximum absolute atomic E-state index is 11.3. The first-order chi connectivity index (χ1) is 12.6. The number of fused-ring (bicyclic) bond motifs is 1. The van der Waals surface area contributed by atoms with Gasteiger partial charge in [-0.3, -0.25) is 14.8 Å². The molecule has 0 radical (unpaired) electrons. The van der Waals surface area contributed by atoms with E-state index in [-0.39, 0.29) is 11.4 Å². The monoisotopic (exact) mass is 341 g/mol. The van der Waals surface area contributed by atoms with Crippen molar-refractivity contribution in [1.29, 1.82) is 0 Å². The van der Waals surface area contributed by atoms with Gasteiger partial charge in [0.1, 0.15) is 0 Å². The van der Waals surface area contributed by atoms with E-state index in [1.165, 1.54) is 0 Å². The minimum atomic E-state index is -0.642. The molecule has 4 aromatic rings. The predicted octanol–water partition coefficient (Wildman–Crippen LogP) is 3.04. The highest BCUT2D eigenvalue weighted by Gasteiger charge is 2.11. The molecule has 0 fully saturated rings. The summed E-state index contributed by atoms with van der Waals surface area (Å²) in [6.07, 6.45) is 6.91. The number of hydrogen-bond acceptors (Lipinski definition) is 5. The second-order valence-electron chi connectivity index (χ2n) is 5.85. The number of pyridine rings is 3. The Kier molecular flexibility index (Phi) is 3.78. The number of aromatic nitrogens is 3. The Labute approximate surface area is 149 Å². The van der Waals surface area contributed by atoms with Crippen LogP contribution in [0.4, 0.5) is 5.69 Å². The number of carbonyl (C=O) groups is 1. The summed E-state index contributed by atoms with van der Waals surface area (Å²) < 4.78 is 0. The number of amides is 1. The lowest BCUT2D eigenvalue weighted by Crippen LogP contribution is -2.15. The van der Waals surface area contributed by atoms with Gasteiger partial charge in [-0.05, 0) is 53.1 Å². The molecule has 0 spiro atoms. The second kappa shape index (κ2) is 6.25. The van der Waals surface area contributed by atoms with E-state index in [0.29, 0.717) is 0 Å². The zero-order valence-corrected chi connectivity index (χ0v) is 13.8. The Bertz CT molecular complexity index is 1130. The van der Waals surface area contributed by atoms with Crippen molar-refractivity contribution in [3.8, 4) is 22.3 Å². The molecule has 126 valence electrons. The van der Waals surface area contributed by atoms with Crippen molar-refractivity contribution in [3.05, 3.63) is 72.9 Å². The van der Waals surface area contributed by atoms with Crippen molar-refractivity contribution in [2.24, 2.45) is 5.73 Å². The summed E-state index contributed by atoms with van der Waals surface area (Å²) in [6, 6.07) is 13.5. The number of nitrogens with zero attached hydrogens (tertiary/aromatic N) is 3. The third-order valence-electron chi connectivity index (χ3n) is 4.22. The number of nitrogen functional groups attached to an aromatic ring is 1. The maximum Gasteiger partial charge on any atom is 0.269 e. The van der Waals surface area contributed by atoms with Crippen LogP contribution in [0.5, 0.6) is 0 Å². The van der Waals surface area contributed by atoms with Crippen LogP contribution in [0, 0.1) is 0 Å². The Morgan fingerprint density at radius 1 is 0.846 bits per heavy atom. The molecule has 0 bridgehead atoms. The van der Waals surface area contributed by atoms with E-state index in [4.69, 9.17) is 11.5 Å². The van der Waals surface area contributed by atoms with E-state index in [9.17, 15) is 4.79 Å². The van der Waals surface area contributed by atoms with Gasteiger partial charge in [0.2, 0.25) is 0 Å². The van der Waals surface area contributed by atoms with Gasteiger partial charge in [0.05, 0.1) is 11.2 Å². The van der Waals surface area contributed by atoms with Crippen LogP contribution in [0.1, 0.15) is 10.5 Å². The van der Waals surface area contributed by atoms with E-state index in [1.807, 2.05) is 36.4 Å². The molecule has 0 aliphatic carbocycles. The molecule has 0 unspecified atom stereocenters. The fraction of sp³-hybridized carbons (Fsp3) is 0. The molecule has 3 heterocycles. The minimum Gasteiger partial charge on any atom is -0.397 e. The maximum atomic E-state index is 11.3. The molecule has 4 rings (SSSR count). The Balaban J connectivity index is 1.88. The van der Waals surface area contributed by atoms with E-state index in [1.54, 1.807) is 30.9 Å². The first kappa shape index (κ1) is 15.7. The zero-order chi connectivity index (χ0) is 18.1. The third-order valence-corrected chi connectivity index (χ3v) is 4.22. The summed E-state index contributed by atoms with van der Waals surface area (Å²) >= 11 is 0. The van der Waals surface area contributed by atoms with Gasteiger partial charge in [-0.1, -0.05) is 6.07 Å². The van der Waals surface area contributed by atoms with Crippen LogP contribution >= 0.6 is 0 Å². The van der Waals surface area contributed by atoms with Gasteiger partial charge in [0.25, 0.3) is 5.91 Å². The number of anilines is 1. The van der Waals surface area contributed by atoms with E-state index < -0.39 is 5.91 Å². The van der Waals surface area contributed by atoms with Crippen LogP contribution in [0.2, 0.25) is 0 Å². The Hall–Kier alpha value is -3.80. The quantitative estimate of drug-likeness (QED) is 0.595. The van der Waals surface area contributed by atoms with Crippen molar-refractivity contribution >= 4 is 22.5 Å². The summed E-state index contributed by atoms with van der Waals surface area (Å²) in [4.78, 5) is 23.9. The molecule has 0 saturated heterocycles. The average molecular weight is 341 g/mol. The number of carbonyl (C=O) groups excluding carboxylic acids is 1. The molecule has 0 saturated carbocycles. The molecule has 3 aromatic heterocycles. The topological polar surface area (TPSA) is 108 Å². The molecule has 0 aliphatic heterocycles. The first-order valence-corrected chi connectivity index (χ1v) is 7.98. The van der Waals surface area contributed by atoms with Crippen molar-refractivity contribution in [1.82, 2.24) is 15.0 Å². The molecule has 0 aliphatic rings. The molecule has 26 heavy (non-hydrogen) atoms. The zero-order valence-electron chi connectivity index (χ0n) is 13.8. The highest BCUT2D eigenvalue weighted by Crippen LogP contribution is 2.31. The van der Waals surface area contributed by atoms with Crippen LogP contribution in [0.25, 0.3) is 33.2 Å². The normalized spacial score (nSPS) is 10.8. The summed E-state index contributed by atoms with van der Waals surface area (Å²) in [6.45, 7) is 0. The lowest BCUT2D eigenvalue weighted by atomic mass is 9.98. The van der Waals surface area contributed by atoms with Crippen molar-refractivity contribution in [2.75, 3.05) is 5.73 Å². The van der Waals surface area contributed by atoms with Crippen LogP contribution in [0.15, 0.2) is 67.3 Å². The van der Waals surface area contributed by atoms with Crippen molar-refractivity contribution in [2.45, 2.75) is 0 Å². The predicted molar refractivity (Wildman–Crippen MR) is 101 cm³/mol. The van der Waals surface area contributed by atoms with Crippen molar-refractivity contribution in [3.63, 3.8) is 0 Å².